The van der Waals surface area contributed by atoms with Gasteiger partial charge in [0.25, 0.3) is 0 Å². The molecule has 5 nitrogen and oxygen atoms in total. The molecule has 0 aliphatic carbocycles. The van der Waals surface area contributed by atoms with Crippen molar-refractivity contribution < 1.29 is 5.21 Å². The zero-order chi connectivity index (χ0) is 14.0. The molecule has 0 saturated carbocycles. The molecule has 0 bridgehead atoms. The van der Waals surface area contributed by atoms with Crippen LogP contribution in [0, 0.1) is 12.3 Å². The van der Waals surface area contributed by atoms with Gasteiger partial charge in [-0.25, -0.2) is 4.98 Å². The van der Waals surface area contributed by atoms with Crippen molar-refractivity contribution >= 4 is 11.7 Å². The van der Waals surface area contributed by atoms with Crippen molar-refractivity contribution in [3.63, 3.8) is 0 Å². The van der Waals surface area contributed by atoms with Crippen LogP contribution < -0.4 is 10.6 Å². The van der Waals surface area contributed by atoms with Crippen LogP contribution >= 0.6 is 0 Å². The van der Waals surface area contributed by atoms with E-state index in [0.717, 1.165) is 36.5 Å². The van der Waals surface area contributed by atoms with E-state index >= 15 is 0 Å². The van der Waals surface area contributed by atoms with Crippen LogP contribution in [0.1, 0.15) is 37.8 Å². The van der Waals surface area contributed by atoms with Gasteiger partial charge in [0, 0.05) is 19.3 Å². The number of hydrogen-bond donors (Lipinski definition) is 2. The number of anilines is 1. The summed E-state index contributed by atoms with van der Waals surface area (Å²) in [6.45, 7) is 8.38. The fraction of sp³-hybridized carbons (Fsp3) is 0.571. The molecular formula is C14H22N4O. The second kappa shape index (κ2) is 5.07. The van der Waals surface area contributed by atoms with Crippen LogP contribution in [-0.2, 0) is 0 Å². The minimum absolute atomic E-state index is 0.129. The molecule has 2 heterocycles. The number of aryl methyl sites for hydroxylation is 1. The van der Waals surface area contributed by atoms with Gasteiger partial charge in [-0.2, -0.15) is 0 Å². The number of aromatic nitrogens is 1. The van der Waals surface area contributed by atoms with E-state index in [4.69, 9.17) is 10.9 Å². The SMILES string of the molecule is Cc1ccnc(N2CCCC(C)(C)C2)c1/C(N)=N/O. The van der Waals surface area contributed by atoms with Crippen molar-refractivity contribution in [2.75, 3.05) is 18.0 Å². The molecule has 1 aromatic heterocycles. The summed E-state index contributed by atoms with van der Waals surface area (Å²) >= 11 is 0. The van der Waals surface area contributed by atoms with Gasteiger partial charge in [-0.05, 0) is 36.8 Å². The number of oxime groups is 1. The molecule has 19 heavy (non-hydrogen) atoms. The van der Waals surface area contributed by atoms with Crippen LogP contribution in [0.5, 0.6) is 0 Å². The Morgan fingerprint density at radius 2 is 2.26 bits per heavy atom. The Labute approximate surface area is 114 Å². The third kappa shape index (κ3) is 2.80. The van der Waals surface area contributed by atoms with Crippen molar-refractivity contribution in [3.05, 3.63) is 23.4 Å². The highest BCUT2D eigenvalue weighted by molar-refractivity contribution is 6.02. The molecule has 0 spiro atoms. The smallest absolute Gasteiger partial charge is 0.174 e. The first-order valence-corrected chi connectivity index (χ1v) is 6.63. The van der Waals surface area contributed by atoms with Gasteiger partial charge in [-0.1, -0.05) is 19.0 Å². The number of rotatable bonds is 2. The van der Waals surface area contributed by atoms with Crippen LogP contribution in [-0.4, -0.2) is 29.1 Å². The molecular weight excluding hydrogens is 240 g/mol. The number of hydrogen-bond acceptors (Lipinski definition) is 4. The predicted octanol–water partition coefficient (Wildman–Crippen LogP) is 2.11. The topological polar surface area (TPSA) is 74.7 Å². The minimum atomic E-state index is 0.129. The highest BCUT2D eigenvalue weighted by atomic mass is 16.4. The second-order valence-corrected chi connectivity index (χ2v) is 6.00. The standard InChI is InChI=1S/C14H22N4O/c1-10-5-7-16-13(11(10)12(15)17-19)18-8-4-6-14(2,3)9-18/h5,7,19H,4,6,8-9H2,1-3H3,(H2,15,17). The lowest BCUT2D eigenvalue weighted by molar-refractivity contribution is 0.292. The summed E-state index contributed by atoms with van der Waals surface area (Å²) in [6, 6.07) is 1.88. The first-order chi connectivity index (χ1) is 8.94. The highest BCUT2D eigenvalue weighted by Gasteiger charge is 2.29. The molecule has 5 heteroatoms. The molecule has 2 rings (SSSR count). The molecule has 0 atom stereocenters. The third-order valence-corrected chi connectivity index (χ3v) is 3.70. The van der Waals surface area contributed by atoms with Gasteiger partial charge in [-0.3, -0.25) is 0 Å². The fourth-order valence-corrected chi connectivity index (χ4v) is 2.75. The second-order valence-electron chi connectivity index (χ2n) is 6.00. The van der Waals surface area contributed by atoms with E-state index in [9.17, 15) is 0 Å². The Hall–Kier alpha value is -1.78. The number of amidine groups is 1. The lowest BCUT2D eigenvalue weighted by Crippen LogP contribution is -2.41. The molecule has 0 unspecified atom stereocenters. The van der Waals surface area contributed by atoms with E-state index in [0.29, 0.717) is 0 Å². The Bertz CT molecular complexity index is 496. The van der Waals surface area contributed by atoms with Gasteiger partial charge in [0.2, 0.25) is 0 Å². The normalized spacial score (nSPS) is 19.5. The third-order valence-electron chi connectivity index (χ3n) is 3.70. The minimum Gasteiger partial charge on any atom is -0.409 e. The van der Waals surface area contributed by atoms with E-state index in [1.165, 1.54) is 6.42 Å². The Kier molecular flexibility index (Phi) is 3.64. The summed E-state index contributed by atoms with van der Waals surface area (Å²) in [6.07, 6.45) is 4.13. The summed E-state index contributed by atoms with van der Waals surface area (Å²) in [4.78, 5) is 6.69. The summed E-state index contributed by atoms with van der Waals surface area (Å²) in [5.74, 6) is 0.951. The summed E-state index contributed by atoms with van der Waals surface area (Å²) < 4.78 is 0. The van der Waals surface area contributed by atoms with E-state index in [2.05, 4.69) is 28.9 Å². The molecule has 3 N–H and O–H groups in total. The van der Waals surface area contributed by atoms with Crippen molar-refractivity contribution in [1.29, 1.82) is 0 Å². The maximum absolute atomic E-state index is 8.95. The Morgan fingerprint density at radius 1 is 1.53 bits per heavy atom. The number of nitrogens with zero attached hydrogens (tertiary/aromatic N) is 3. The van der Waals surface area contributed by atoms with Crippen molar-refractivity contribution in [2.24, 2.45) is 16.3 Å². The van der Waals surface area contributed by atoms with Gasteiger partial charge in [0.15, 0.2) is 5.84 Å². The van der Waals surface area contributed by atoms with Gasteiger partial charge in [-0.15, -0.1) is 0 Å². The predicted molar refractivity (Wildman–Crippen MR) is 76.7 cm³/mol. The van der Waals surface area contributed by atoms with Gasteiger partial charge >= 0.3 is 0 Å². The van der Waals surface area contributed by atoms with E-state index in [1.54, 1.807) is 6.20 Å². The first-order valence-electron chi connectivity index (χ1n) is 6.63. The lowest BCUT2D eigenvalue weighted by atomic mass is 9.84. The lowest BCUT2D eigenvalue weighted by Gasteiger charge is -2.39. The van der Waals surface area contributed by atoms with Crippen LogP contribution in [0.25, 0.3) is 0 Å². The number of nitrogens with two attached hydrogens (primary N) is 1. The largest absolute Gasteiger partial charge is 0.409 e. The average Bonchev–Trinajstić information content (AvgIpc) is 2.36. The summed E-state index contributed by atoms with van der Waals surface area (Å²) in [5, 5.41) is 12.1. The zero-order valence-corrected chi connectivity index (χ0v) is 11.8. The van der Waals surface area contributed by atoms with Gasteiger partial charge in [0.1, 0.15) is 5.82 Å². The Morgan fingerprint density at radius 3 is 2.89 bits per heavy atom. The van der Waals surface area contributed by atoms with Crippen molar-refractivity contribution in [2.45, 2.75) is 33.6 Å². The maximum Gasteiger partial charge on any atom is 0.174 e. The average molecular weight is 262 g/mol. The molecule has 0 aromatic carbocycles. The zero-order valence-electron chi connectivity index (χ0n) is 11.8. The van der Waals surface area contributed by atoms with Gasteiger partial charge < -0.3 is 15.8 Å². The number of pyridine rings is 1. The Balaban J connectivity index is 2.42. The molecule has 1 aliphatic heterocycles. The van der Waals surface area contributed by atoms with Crippen molar-refractivity contribution in [3.8, 4) is 0 Å². The quantitative estimate of drug-likeness (QED) is 0.370. The highest BCUT2D eigenvalue weighted by Crippen LogP contribution is 2.32. The summed E-state index contributed by atoms with van der Waals surface area (Å²) in [5.41, 5.74) is 7.79. The van der Waals surface area contributed by atoms with Gasteiger partial charge in [0.05, 0.1) is 5.56 Å². The van der Waals surface area contributed by atoms with Crippen molar-refractivity contribution in [1.82, 2.24) is 4.98 Å². The van der Waals surface area contributed by atoms with Crippen LogP contribution in [0.2, 0.25) is 0 Å². The molecule has 1 fully saturated rings. The maximum atomic E-state index is 8.95. The molecule has 104 valence electrons. The van der Waals surface area contributed by atoms with E-state index in [1.807, 2.05) is 13.0 Å². The van der Waals surface area contributed by atoms with Crippen LogP contribution in [0.15, 0.2) is 17.4 Å². The molecule has 1 aromatic rings. The molecule has 0 amide bonds. The molecule has 0 radical (unpaired) electrons. The van der Waals surface area contributed by atoms with Crippen LogP contribution in [0.4, 0.5) is 5.82 Å². The first kappa shape index (κ1) is 13.6. The fourth-order valence-electron chi connectivity index (χ4n) is 2.75. The number of piperidine rings is 1. The molecule has 1 saturated heterocycles. The molecule has 1 aliphatic rings. The summed E-state index contributed by atoms with van der Waals surface area (Å²) in [7, 11) is 0. The van der Waals surface area contributed by atoms with Crippen LogP contribution in [0.3, 0.4) is 0 Å². The van der Waals surface area contributed by atoms with E-state index in [-0.39, 0.29) is 11.3 Å². The van der Waals surface area contributed by atoms with E-state index < -0.39 is 0 Å². The monoisotopic (exact) mass is 262 g/mol.